The summed E-state index contributed by atoms with van der Waals surface area (Å²) in [7, 11) is 0. The number of hydrogen-bond acceptors (Lipinski definition) is 3. The molecule has 18 heavy (non-hydrogen) atoms. The highest BCUT2D eigenvalue weighted by molar-refractivity contribution is 5.32. The number of hydrogen-bond donors (Lipinski definition) is 2. The van der Waals surface area contributed by atoms with Gasteiger partial charge >= 0.3 is 0 Å². The smallest absolute Gasteiger partial charge is 0.141 e. The van der Waals surface area contributed by atoms with Gasteiger partial charge in [-0.1, -0.05) is 17.7 Å². The monoisotopic (exact) mass is 249 g/mol. The number of nitrogens with zero attached hydrogens (tertiary/aromatic N) is 1. The fraction of sp³-hybridized carbons (Fsp3) is 0.154. The molecule has 1 heterocycles. The Morgan fingerprint density at radius 2 is 2.00 bits per heavy atom. The fourth-order valence-electron chi connectivity index (χ4n) is 1.78. The minimum Gasteiger partial charge on any atom is -0.271 e. The normalized spacial score (nSPS) is 12.4. The van der Waals surface area contributed by atoms with Gasteiger partial charge in [0.2, 0.25) is 0 Å². The van der Waals surface area contributed by atoms with Crippen LogP contribution in [0.1, 0.15) is 22.9 Å². The van der Waals surface area contributed by atoms with Crippen molar-refractivity contribution in [3.05, 3.63) is 65.0 Å². The number of benzene rings is 1. The number of nitrogens with one attached hydrogen (secondary N) is 1. The van der Waals surface area contributed by atoms with Crippen molar-refractivity contribution in [3.63, 3.8) is 0 Å². The molecule has 1 aromatic heterocycles. The van der Waals surface area contributed by atoms with E-state index in [9.17, 15) is 8.78 Å². The second-order valence-corrected chi connectivity index (χ2v) is 4.03. The Labute approximate surface area is 104 Å². The third-order valence-electron chi connectivity index (χ3n) is 2.68. The van der Waals surface area contributed by atoms with Gasteiger partial charge in [0.1, 0.15) is 11.6 Å². The average molecular weight is 249 g/mol. The van der Waals surface area contributed by atoms with Crippen LogP contribution < -0.4 is 11.3 Å². The molecule has 3 N–H and O–H groups in total. The molecule has 5 heteroatoms. The highest BCUT2D eigenvalue weighted by atomic mass is 19.1. The summed E-state index contributed by atoms with van der Waals surface area (Å²) < 4.78 is 26.6. The first-order valence-electron chi connectivity index (χ1n) is 5.45. The molecule has 2 aromatic rings. The molecule has 1 unspecified atom stereocenters. The van der Waals surface area contributed by atoms with Crippen LogP contribution in [0.5, 0.6) is 0 Å². The highest BCUT2D eigenvalue weighted by Gasteiger charge is 2.17. The van der Waals surface area contributed by atoms with Gasteiger partial charge in [-0.05, 0) is 25.1 Å². The second kappa shape index (κ2) is 5.20. The van der Waals surface area contributed by atoms with Gasteiger partial charge in [-0.3, -0.25) is 10.8 Å². The Hall–Kier alpha value is -1.85. The van der Waals surface area contributed by atoms with Crippen molar-refractivity contribution in [3.8, 4) is 0 Å². The molecule has 0 spiro atoms. The van der Waals surface area contributed by atoms with Crippen LogP contribution >= 0.6 is 0 Å². The Morgan fingerprint density at radius 1 is 1.22 bits per heavy atom. The molecule has 94 valence electrons. The molecule has 0 aliphatic rings. The van der Waals surface area contributed by atoms with Crippen LogP contribution in [0, 0.1) is 18.6 Å². The van der Waals surface area contributed by atoms with Gasteiger partial charge in [-0.15, -0.1) is 0 Å². The van der Waals surface area contributed by atoms with Gasteiger partial charge in [-0.25, -0.2) is 14.2 Å². The van der Waals surface area contributed by atoms with Crippen LogP contribution in [0.15, 0.2) is 36.5 Å². The van der Waals surface area contributed by atoms with Gasteiger partial charge in [-0.2, -0.15) is 0 Å². The Morgan fingerprint density at radius 3 is 2.61 bits per heavy atom. The van der Waals surface area contributed by atoms with Crippen molar-refractivity contribution >= 4 is 0 Å². The minimum absolute atomic E-state index is 0.380. The zero-order valence-corrected chi connectivity index (χ0v) is 9.82. The van der Waals surface area contributed by atoms with E-state index in [4.69, 9.17) is 5.84 Å². The Bertz CT molecular complexity index is 540. The lowest BCUT2D eigenvalue weighted by atomic mass is 10.0. The molecule has 1 aromatic carbocycles. The van der Waals surface area contributed by atoms with E-state index in [2.05, 4.69) is 10.4 Å². The zero-order chi connectivity index (χ0) is 13.1. The third-order valence-corrected chi connectivity index (χ3v) is 2.68. The van der Waals surface area contributed by atoms with Gasteiger partial charge in [0, 0.05) is 5.56 Å². The van der Waals surface area contributed by atoms with Crippen LogP contribution in [0.2, 0.25) is 0 Å². The maximum atomic E-state index is 13.8. The lowest BCUT2D eigenvalue weighted by molar-refractivity contribution is 0.549. The maximum Gasteiger partial charge on any atom is 0.141 e. The third kappa shape index (κ3) is 2.52. The quantitative estimate of drug-likeness (QED) is 0.647. The van der Waals surface area contributed by atoms with E-state index >= 15 is 0 Å². The van der Waals surface area contributed by atoms with Crippen molar-refractivity contribution in [2.45, 2.75) is 13.0 Å². The van der Waals surface area contributed by atoms with E-state index in [1.54, 1.807) is 12.1 Å². The van der Waals surface area contributed by atoms with E-state index in [-0.39, 0.29) is 5.82 Å². The summed E-state index contributed by atoms with van der Waals surface area (Å²) in [6.45, 7) is 1.86. The van der Waals surface area contributed by atoms with Gasteiger partial charge < -0.3 is 0 Å². The summed E-state index contributed by atoms with van der Waals surface area (Å²) in [4.78, 5) is 3.91. The largest absolute Gasteiger partial charge is 0.271 e. The second-order valence-electron chi connectivity index (χ2n) is 4.03. The Kier molecular flexibility index (Phi) is 3.64. The first kappa shape index (κ1) is 12.6. The van der Waals surface area contributed by atoms with Crippen LogP contribution in [0.3, 0.4) is 0 Å². The Balaban J connectivity index is 2.44. The van der Waals surface area contributed by atoms with Gasteiger partial charge in [0.05, 0.1) is 17.9 Å². The molecule has 0 saturated heterocycles. The molecule has 3 nitrogen and oxygen atoms in total. The topological polar surface area (TPSA) is 50.9 Å². The van der Waals surface area contributed by atoms with E-state index in [0.29, 0.717) is 11.3 Å². The number of hydrazine groups is 1. The van der Waals surface area contributed by atoms with Crippen molar-refractivity contribution in [2.24, 2.45) is 5.84 Å². The first-order valence-corrected chi connectivity index (χ1v) is 5.45. The van der Waals surface area contributed by atoms with Crippen molar-refractivity contribution in [1.29, 1.82) is 0 Å². The van der Waals surface area contributed by atoms with E-state index in [0.717, 1.165) is 11.8 Å². The molecule has 2 rings (SSSR count). The molecule has 0 aliphatic heterocycles. The molecular formula is C13H13F2N3. The molecule has 0 saturated carbocycles. The number of aryl methyl sites for hydroxylation is 1. The molecule has 0 aliphatic carbocycles. The van der Waals surface area contributed by atoms with Crippen molar-refractivity contribution in [1.82, 2.24) is 10.4 Å². The van der Waals surface area contributed by atoms with Crippen molar-refractivity contribution < 1.29 is 8.78 Å². The number of nitrogens with two attached hydrogens (primary N) is 1. The standard InChI is InChI=1S/C13H13F2N3/c1-8-2-4-11(15)10(6-8)13(18-16)12-5-3-9(14)7-17-12/h2-7,13,18H,16H2,1H3. The molecule has 0 amide bonds. The number of halogens is 2. The summed E-state index contributed by atoms with van der Waals surface area (Å²) in [6, 6.07) is 6.86. The lowest BCUT2D eigenvalue weighted by Crippen LogP contribution is -2.30. The van der Waals surface area contributed by atoms with E-state index in [1.807, 2.05) is 6.92 Å². The van der Waals surface area contributed by atoms with Gasteiger partial charge in [0.25, 0.3) is 0 Å². The minimum atomic E-state index is -0.606. The first-order chi connectivity index (χ1) is 8.61. The summed E-state index contributed by atoms with van der Waals surface area (Å²) in [6.07, 6.45) is 1.08. The predicted octanol–water partition coefficient (Wildman–Crippen LogP) is 2.22. The van der Waals surface area contributed by atoms with Gasteiger partial charge in [0.15, 0.2) is 0 Å². The predicted molar refractivity (Wildman–Crippen MR) is 64.5 cm³/mol. The molecule has 0 fully saturated rings. The van der Waals surface area contributed by atoms with Crippen LogP contribution in [0.4, 0.5) is 8.78 Å². The summed E-state index contributed by atoms with van der Waals surface area (Å²) in [5.41, 5.74) is 4.26. The van der Waals surface area contributed by atoms with Crippen molar-refractivity contribution in [2.75, 3.05) is 0 Å². The summed E-state index contributed by atoms with van der Waals surface area (Å²) >= 11 is 0. The van der Waals surface area contributed by atoms with E-state index < -0.39 is 11.9 Å². The number of pyridine rings is 1. The molecule has 0 radical (unpaired) electrons. The fourth-order valence-corrected chi connectivity index (χ4v) is 1.78. The number of aromatic nitrogens is 1. The SMILES string of the molecule is Cc1ccc(F)c(C(NN)c2ccc(F)cn2)c1. The highest BCUT2D eigenvalue weighted by Crippen LogP contribution is 2.23. The maximum absolute atomic E-state index is 13.8. The summed E-state index contributed by atoms with van der Waals surface area (Å²) in [5.74, 6) is 4.62. The van der Waals surface area contributed by atoms with Crippen LogP contribution in [0.25, 0.3) is 0 Å². The number of rotatable bonds is 3. The molecule has 1 atom stereocenters. The molecular weight excluding hydrogens is 236 g/mol. The van der Waals surface area contributed by atoms with Crippen LogP contribution in [-0.4, -0.2) is 4.98 Å². The molecule has 0 bridgehead atoms. The average Bonchev–Trinajstić information content (AvgIpc) is 2.37. The lowest BCUT2D eigenvalue weighted by Gasteiger charge is -2.17. The zero-order valence-electron chi connectivity index (χ0n) is 9.82. The summed E-state index contributed by atoms with van der Waals surface area (Å²) in [5, 5.41) is 0. The van der Waals surface area contributed by atoms with E-state index in [1.165, 1.54) is 18.2 Å². The van der Waals surface area contributed by atoms with Crippen LogP contribution in [-0.2, 0) is 0 Å².